The molecule has 4 heterocycles. The molecule has 1 atom stereocenters. The molecule has 0 N–H and O–H groups in total. The number of amides is 1. The van der Waals surface area contributed by atoms with Gasteiger partial charge >= 0.3 is 0 Å². The highest BCUT2D eigenvalue weighted by Crippen LogP contribution is 2.35. The molecule has 0 saturated carbocycles. The van der Waals surface area contributed by atoms with Gasteiger partial charge in [-0.25, -0.2) is 13.4 Å². The van der Waals surface area contributed by atoms with Crippen molar-refractivity contribution in [2.45, 2.75) is 10.3 Å². The lowest BCUT2D eigenvalue weighted by molar-refractivity contribution is -0.136. The first-order chi connectivity index (χ1) is 15.4. The molecule has 0 aliphatic carbocycles. The third kappa shape index (κ3) is 3.93. The molecule has 0 radical (unpaired) electrons. The van der Waals surface area contributed by atoms with Crippen molar-refractivity contribution < 1.29 is 13.2 Å². The van der Waals surface area contributed by atoms with Crippen molar-refractivity contribution in [2.24, 2.45) is 0 Å². The van der Waals surface area contributed by atoms with E-state index in [1.807, 2.05) is 23.6 Å². The van der Waals surface area contributed by atoms with E-state index in [2.05, 4.69) is 9.97 Å². The Morgan fingerprint density at radius 1 is 1.06 bits per heavy atom. The van der Waals surface area contributed by atoms with E-state index in [0.717, 1.165) is 26.4 Å². The van der Waals surface area contributed by atoms with Gasteiger partial charge in [0.15, 0.2) is 0 Å². The molecule has 32 heavy (non-hydrogen) atoms. The highest BCUT2D eigenvalue weighted by molar-refractivity contribution is 7.91. The number of halogens is 1. The Hall–Kier alpha value is -2.37. The van der Waals surface area contributed by atoms with Crippen molar-refractivity contribution in [3.8, 4) is 0 Å². The van der Waals surface area contributed by atoms with Crippen LogP contribution in [0.25, 0.3) is 10.1 Å². The highest BCUT2D eigenvalue weighted by atomic mass is 35.5. The normalized spacial score (nSPS) is 16.5. The zero-order valence-corrected chi connectivity index (χ0v) is 19.8. The maximum atomic E-state index is 13.3. The fraction of sp³-hybridized carbons (Fsp3) is 0.190. The number of sulfonamides is 1. The van der Waals surface area contributed by atoms with Gasteiger partial charge in [0, 0.05) is 40.6 Å². The van der Waals surface area contributed by atoms with Gasteiger partial charge in [-0.05, 0) is 35.7 Å². The lowest BCUT2D eigenvalue weighted by Crippen LogP contribution is -2.53. The summed E-state index contributed by atoms with van der Waals surface area (Å²) in [6, 6.07) is 12.0. The maximum Gasteiger partial charge on any atom is 0.253 e. The predicted molar refractivity (Wildman–Crippen MR) is 126 cm³/mol. The Balaban J connectivity index is 1.42. The van der Waals surface area contributed by atoms with Crippen LogP contribution in [0.1, 0.15) is 16.7 Å². The molecule has 1 fully saturated rings. The van der Waals surface area contributed by atoms with Crippen LogP contribution in [0.15, 0.2) is 64.4 Å². The minimum Gasteiger partial charge on any atom is -0.325 e. The van der Waals surface area contributed by atoms with Crippen LogP contribution in [0, 0.1) is 0 Å². The molecule has 11 heteroatoms. The number of carbonyl (C=O) groups is 1. The molecule has 3 aromatic heterocycles. The summed E-state index contributed by atoms with van der Waals surface area (Å²) in [5.74, 6) is -0.283. The molecule has 1 unspecified atom stereocenters. The summed E-state index contributed by atoms with van der Waals surface area (Å²) in [6.07, 6.45) is 3.36. The first-order valence-corrected chi connectivity index (χ1v) is 13.2. The van der Waals surface area contributed by atoms with Gasteiger partial charge in [-0.1, -0.05) is 23.7 Å². The number of nitrogens with zero attached hydrogens (tertiary/aromatic N) is 4. The Labute approximate surface area is 198 Å². The largest absolute Gasteiger partial charge is 0.325 e. The van der Waals surface area contributed by atoms with Crippen LogP contribution in [-0.2, 0) is 14.8 Å². The second-order valence-electron chi connectivity index (χ2n) is 7.20. The third-order valence-electron chi connectivity index (χ3n) is 5.24. The van der Waals surface area contributed by atoms with Gasteiger partial charge in [0.05, 0.1) is 12.2 Å². The number of benzene rings is 1. The Bertz CT molecular complexity index is 1370. The summed E-state index contributed by atoms with van der Waals surface area (Å²) in [5, 5.41) is 3.95. The van der Waals surface area contributed by atoms with Gasteiger partial charge in [-0.3, -0.25) is 9.78 Å². The molecule has 1 aliphatic heterocycles. The van der Waals surface area contributed by atoms with Crippen molar-refractivity contribution in [3.05, 3.63) is 76.0 Å². The number of fused-ring (bicyclic) bond motifs is 1. The van der Waals surface area contributed by atoms with Crippen LogP contribution in [0.2, 0.25) is 5.02 Å². The van der Waals surface area contributed by atoms with Crippen LogP contribution in [0.5, 0.6) is 0 Å². The van der Waals surface area contributed by atoms with E-state index in [0.29, 0.717) is 10.7 Å². The lowest BCUT2D eigenvalue weighted by atomic mass is 10.1. The number of rotatable bonds is 5. The number of hydrogen-bond donors (Lipinski definition) is 0. The molecule has 1 aliphatic rings. The molecule has 5 rings (SSSR count). The summed E-state index contributed by atoms with van der Waals surface area (Å²) >= 11 is 8.64. The number of thiazole rings is 1. The lowest BCUT2D eigenvalue weighted by Gasteiger charge is -2.37. The van der Waals surface area contributed by atoms with Gasteiger partial charge in [0.25, 0.3) is 10.0 Å². The summed E-state index contributed by atoms with van der Waals surface area (Å²) in [7, 11) is -3.80. The number of thiophene rings is 1. The van der Waals surface area contributed by atoms with Crippen molar-refractivity contribution in [1.82, 2.24) is 19.2 Å². The second kappa shape index (κ2) is 8.53. The molecular formula is C21H17ClN4O3S3. The first kappa shape index (κ1) is 21.5. The first-order valence-electron chi connectivity index (χ1n) is 9.72. The Kier molecular flexibility index (Phi) is 5.72. The average Bonchev–Trinajstić information content (AvgIpc) is 3.46. The van der Waals surface area contributed by atoms with Gasteiger partial charge in [-0.2, -0.15) is 4.31 Å². The monoisotopic (exact) mass is 504 g/mol. The molecule has 1 amide bonds. The number of piperazine rings is 1. The molecule has 164 valence electrons. The molecule has 4 aromatic rings. The fourth-order valence-corrected chi connectivity index (χ4v) is 7.67. The number of hydrogen-bond acceptors (Lipinski definition) is 7. The minimum atomic E-state index is -3.80. The fourth-order valence-electron chi connectivity index (χ4n) is 3.70. The second-order valence-corrected chi connectivity index (χ2v) is 11.8. The van der Waals surface area contributed by atoms with E-state index in [-0.39, 0.29) is 29.8 Å². The summed E-state index contributed by atoms with van der Waals surface area (Å²) in [5.41, 5.74) is 0.702. The van der Waals surface area contributed by atoms with E-state index >= 15 is 0 Å². The number of pyridine rings is 1. The zero-order chi connectivity index (χ0) is 22.3. The van der Waals surface area contributed by atoms with Crippen molar-refractivity contribution in [3.63, 3.8) is 0 Å². The highest BCUT2D eigenvalue weighted by Gasteiger charge is 2.38. The number of carbonyl (C=O) groups excluding carboxylic acids is 1. The van der Waals surface area contributed by atoms with Gasteiger partial charge in [0.1, 0.15) is 15.3 Å². The number of aromatic nitrogens is 2. The van der Waals surface area contributed by atoms with Gasteiger partial charge in [-0.15, -0.1) is 22.7 Å². The Morgan fingerprint density at radius 2 is 1.94 bits per heavy atom. The molecular weight excluding hydrogens is 488 g/mol. The Morgan fingerprint density at radius 3 is 2.66 bits per heavy atom. The molecule has 0 spiro atoms. The molecule has 1 saturated heterocycles. The zero-order valence-electron chi connectivity index (χ0n) is 16.6. The summed E-state index contributed by atoms with van der Waals surface area (Å²) in [6.45, 7) is 0.208. The molecule has 0 bridgehead atoms. The smallest absolute Gasteiger partial charge is 0.253 e. The summed E-state index contributed by atoms with van der Waals surface area (Å²) in [4.78, 5) is 23.6. The summed E-state index contributed by atoms with van der Waals surface area (Å²) < 4.78 is 28.8. The van der Waals surface area contributed by atoms with Gasteiger partial charge < -0.3 is 4.90 Å². The SMILES string of the molecule is O=C1CN(S(=O)(=O)c2cc3ccc(Cl)cc3s2)CCN1C(c1ccccn1)c1nccs1. The topological polar surface area (TPSA) is 83.5 Å². The van der Waals surface area contributed by atoms with Crippen molar-refractivity contribution in [1.29, 1.82) is 0 Å². The van der Waals surface area contributed by atoms with Crippen LogP contribution in [0.4, 0.5) is 0 Å². The third-order valence-corrected chi connectivity index (χ3v) is 9.70. The van der Waals surface area contributed by atoms with Crippen LogP contribution < -0.4 is 0 Å². The van der Waals surface area contributed by atoms with E-state index in [9.17, 15) is 13.2 Å². The molecule has 7 nitrogen and oxygen atoms in total. The van der Waals surface area contributed by atoms with E-state index in [1.54, 1.807) is 41.6 Å². The van der Waals surface area contributed by atoms with E-state index in [4.69, 9.17) is 11.6 Å². The molecule has 1 aromatic carbocycles. The van der Waals surface area contributed by atoms with Crippen LogP contribution >= 0.6 is 34.3 Å². The van der Waals surface area contributed by atoms with E-state index < -0.39 is 16.1 Å². The van der Waals surface area contributed by atoms with E-state index in [1.165, 1.54) is 15.6 Å². The van der Waals surface area contributed by atoms with Gasteiger partial charge in [0.2, 0.25) is 5.91 Å². The van der Waals surface area contributed by atoms with Crippen molar-refractivity contribution >= 4 is 60.3 Å². The quantitative estimate of drug-likeness (QED) is 0.410. The van der Waals surface area contributed by atoms with Crippen LogP contribution in [0.3, 0.4) is 0 Å². The average molecular weight is 505 g/mol. The minimum absolute atomic E-state index is 0.192. The maximum absolute atomic E-state index is 13.3. The van der Waals surface area contributed by atoms with Crippen molar-refractivity contribution in [2.75, 3.05) is 19.6 Å². The predicted octanol–water partition coefficient (Wildman–Crippen LogP) is 4.03. The standard InChI is InChI=1S/C21H17ClN4O3S3/c22-15-5-4-14-11-19(31-17(14)12-15)32(28,29)25-8-9-26(18(27)13-25)20(21-24-7-10-30-21)16-3-1-2-6-23-16/h1-7,10-12,20H,8-9,13H2. The van der Waals surface area contributed by atoms with Crippen LogP contribution in [-0.4, -0.2) is 53.1 Å².